The first-order valence-electron chi connectivity index (χ1n) is 10.7. The van der Waals surface area contributed by atoms with Gasteiger partial charge in [0.05, 0.1) is 16.6 Å². The van der Waals surface area contributed by atoms with Gasteiger partial charge in [-0.2, -0.15) is 0 Å². The Morgan fingerprint density at radius 3 is 2.71 bits per heavy atom. The Kier molecular flexibility index (Phi) is 7.41. The van der Waals surface area contributed by atoms with Crippen molar-refractivity contribution in [1.29, 1.82) is 0 Å². The number of nitrogens with zero attached hydrogens (tertiary/aromatic N) is 3. The molecule has 2 aromatic carbocycles. The summed E-state index contributed by atoms with van der Waals surface area (Å²) in [5.74, 6) is 0.469. The molecule has 1 N–H and O–H groups in total. The van der Waals surface area contributed by atoms with E-state index >= 15 is 0 Å². The molecule has 1 aromatic heterocycles. The zero-order valence-electron chi connectivity index (χ0n) is 18.6. The minimum absolute atomic E-state index is 0.172. The summed E-state index contributed by atoms with van der Waals surface area (Å²) in [5.41, 5.74) is 2.42. The van der Waals surface area contributed by atoms with E-state index in [2.05, 4.69) is 29.2 Å². The van der Waals surface area contributed by atoms with Crippen LogP contribution in [0.25, 0.3) is 16.6 Å². The third-order valence-corrected chi connectivity index (χ3v) is 5.14. The lowest BCUT2D eigenvalue weighted by Gasteiger charge is -2.16. The fourth-order valence-electron chi connectivity index (χ4n) is 3.45. The highest BCUT2D eigenvalue weighted by Crippen LogP contribution is 2.19. The van der Waals surface area contributed by atoms with E-state index in [0.717, 1.165) is 25.1 Å². The first-order valence-corrected chi connectivity index (χ1v) is 10.7. The van der Waals surface area contributed by atoms with Gasteiger partial charge in [0.1, 0.15) is 18.7 Å². The smallest absolute Gasteiger partial charge is 0.265 e. The first-order chi connectivity index (χ1) is 14.9. The fourth-order valence-corrected chi connectivity index (χ4v) is 3.45. The van der Waals surface area contributed by atoms with E-state index < -0.39 is 0 Å². The Hall–Kier alpha value is -3.19. The minimum atomic E-state index is -0.199. The van der Waals surface area contributed by atoms with Crippen LogP contribution >= 0.6 is 0 Å². The molecule has 0 aliphatic heterocycles. The Morgan fingerprint density at radius 1 is 1.16 bits per heavy atom. The normalized spacial score (nSPS) is 11.1. The summed E-state index contributed by atoms with van der Waals surface area (Å²) in [6, 6.07) is 10.7. The fraction of sp³-hybridized carbons (Fsp3) is 0.375. The van der Waals surface area contributed by atoms with E-state index in [-0.39, 0.29) is 11.5 Å². The molecule has 0 fully saturated rings. The van der Waals surface area contributed by atoms with Gasteiger partial charge >= 0.3 is 0 Å². The molecule has 0 spiro atoms. The lowest BCUT2D eigenvalue weighted by atomic mass is 10.1. The van der Waals surface area contributed by atoms with E-state index in [1.807, 2.05) is 26.0 Å². The van der Waals surface area contributed by atoms with Gasteiger partial charge in [-0.1, -0.05) is 13.0 Å². The van der Waals surface area contributed by atoms with Crippen molar-refractivity contribution in [3.8, 4) is 11.4 Å². The highest BCUT2D eigenvalue weighted by Gasteiger charge is 2.12. The number of amides is 1. The summed E-state index contributed by atoms with van der Waals surface area (Å²) < 4.78 is 7.35. The molecule has 3 rings (SSSR count). The number of carbonyl (C=O) groups is 1. The van der Waals surface area contributed by atoms with Crippen LogP contribution in [0.5, 0.6) is 5.75 Å². The van der Waals surface area contributed by atoms with Crippen LogP contribution in [0.4, 0.5) is 0 Å². The maximum absolute atomic E-state index is 13.3. The van der Waals surface area contributed by atoms with E-state index in [1.165, 1.54) is 10.9 Å². The molecule has 0 aliphatic rings. The van der Waals surface area contributed by atoms with Crippen LogP contribution in [0.2, 0.25) is 0 Å². The molecular formula is C24H30N4O3. The molecule has 0 unspecified atom stereocenters. The number of nitrogens with one attached hydrogen (secondary N) is 1. The summed E-state index contributed by atoms with van der Waals surface area (Å²) in [7, 11) is 2.06. The number of rotatable bonds is 9. The number of aromatic nitrogens is 2. The number of benzene rings is 2. The zero-order valence-corrected chi connectivity index (χ0v) is 18.6. The van der Waals surface area contributed by atoms with Crippen molar-refractivity contribution < 1.29 is 9.53 Å². The van der Waals surface area contributed by atoms with Crippen LogP contribution in [0.15, 0.2) is 47.5 Å². The second-order valence-electron chi connectivity index (χ2n) is 7.61. The third kappa shape index (κ3) is 5.30. The van der Waals surface area contributed by atoms with Gasteiger partial charge in [0.2, 0.25) is 0 Å². The topological polar surface area (TPSA) is 76.5 Å². The van der Waals surface area contributed by atoms with Gasteiger partial charge in [0, 0.05) is 18.7 Å². The Bertz CT molecular complexity index is 1120. The van der Waals surface area contributed by atoms with Crippen LogP contribution in [-0.2, 0) is 0 Å². The molecule has 31 heavy (non-hydrogen) atoms. The van der Waals surface area contributed by atoms with Crippen LogP contribution in [0.3, 0.4) is 0 Å². The first kappa shape index (κ1) is 22.5. The highest BCUT2D eigenvalue weighted by atomic mass is 16.5. The van der Waals surface area contributed by atoms with Gasteiger partial charge in [-0.05, 0) is 69.8 Å². The molecule has 7 nitrogen and oxygen atoms in total. The number of fused-ring (bicyclic) bond motifs is 1. The maximum atomic E-state index is 13.3. The summed E-state index contributed by atoms with van der Waals surface area (Å²) in [6.07, 6.45) is 2.60. The molecule has 3 aromatic rings. The lowest BCUT2D eigenvalue weighted by Crippen LogP contribution is -2.25. The largest absolute Gasteiger partial charge is 0.492 e. The van der Waals surface area contributed by atoms with Gasteiger partial charge in [-0.15, -0.1) is 0 Å². The number of aryl methyl sites for hydroxylation is 1. The SMILES string of the molecule is CCCN(C)CCOc1ccc2ncn(-c3cc(C(=O)NCC)ccc3C)c(=O)c2c1. The number of ether oxygens (including phenoxy) is 1. The van der Waals surface area contributed by atoms with Gasteiger partial charge in [-0.3, -0.25) is 14.2 Å². The van der Waals surface area contributed by atoms with E-state index in [0.29, 0.717) is 41.1 Å². The molecule has 0 atom stereocenters. The number of hydrogen-bond acceptors (Lipinski definition) is 5. The lowest BCUT2D eigenvalue weighted by molar-refractivity contribution is 0.0956. The monoisotopic (exact) mass is 422 g/mol. The average molecular weight is 423 g/mol. The number of likely N-dealkylation sites (N-methyl/N-ethyl adjacent to an activating group) is 1. The summed E-state index contributed by atoms with van der Waals surface area (Å²) >= 11 is 0. The van der Waals surface area contributed by atoms with E-state index in [9.17, 15) is 9.59 Å². The molecule has 0 bridgehead atoms. The molecule has 0 radical (unpaired) electrons. The Balaban J connectivity index is 1.92. The van der Waals surface area contributed by atoms with Gasteiger partial charge in [0.25, 0.3) is 11.5 Å². The van der Waals surface area contributed by atoms with E-state index in [4.69, 9.17) is 4.74 Å². The molecule has 1 amide bonds. The van der Waals surface area contributed by atoms with Crippen LogP contribution in [0.1, 0.15) is 36.2 Å². The predicted molar refractivity (Wildman–Crippen MR) is 123 cm³/mol. The van der Waals surface area contributed by atoms with Crippen molar-refractivity contribution >= 4 is 16.8 Å². The van der Waals surface area contributed by atoms with Crippen molar-refractivity contribution in [2.75, 3.05) is 33.3 Å². The summed E-state index contributed by atoms with van der Waals surface area (Å²) in [6.45, 7) is 8.83. The van der Waals surface area contributed by atoms with Crippen molar-refractivity contribution in [3.63, 3.8) is 0 Å². The van der Waals surface area contributed by atoms with Gasteiger partial charge in [0.15, 0.2) is 0 Å². The quantitative estimate of drug-likeness (QED) is 0.573. The van der Waals surface area contributed by atoms with E-state index in [1.54, 1.807) is 24.3 Å². The average Bonchev–Trinajstić information content (AvgIpc) is 2.75. The Morgan fingerprint density at radius 2 is 1.97 bits per heavy atom. The minimum Gasteiger partial charge on any atom is -0.492 e. The second-order valence-corrected chi connectivity index (χ2v) is 7.61. The number of carbonyl (C=O) groups excluding carboxylic acids is 1. The molecule has 0 aliphatic carbocycles. The third-order valence-electron chi connectivity index (χ3n) is 5.14. The molecule has 0 saturated carbocycles. The molecule has 7 heteroatoms. The van der Waals surface area contributed by atoms with Crippen molar-refractivity contribution in [1.82, 2.24) is 19.8 Å². The van der Waals surface area contributed by atoms with Crippen LogP contribution in [0, 0.1) is 6.92 Å². The van der Waals surface area contributed by atoms with Crippen LogP contribution in [-0.4, -0.2) is 53.6 Å². The summed E-state index contributed by atoms with van der Waals surface area (Å²) in [4.78, 5) is 32.2. The molecule has 1 heterocycles. The predicted octanol–water partition coefficient (Wildman–Crippen LogP) is 3.16. The van der Waals surface area contributed by atoms with Crippen LogP contribution < -0.4 is 15.6 Å². The second kappa shape index (κ2) is 10.2. The summed E-state index contributed by atoms with van der Waals surface area (Å²) in [5, 5.41) is 3.26. The molecule has 0 saturated heterocycles. The number of hydrogen-bond donors (Lipinski definition) is 1. The zero-order chi connectivity index (χ0) is 22.4. The van der Waals surface area contributed by atoms with Gasteiger partial charge < -0.3 is 15.0 Å². The van der Waals surface area contributed by atoms with Crippen molar-refractivity contribution in [3.05, 3.63) is 64.2 Å². The standard InChI is InChI=1S/C24H30N4O3/c1-5-11-27(4)12-13-31-19-9-10-21-20(15-19)24(30)28(16-26-21)22-14-18(8-7-17(22)3)23(29)25-6-2/h7-10,14-16H,5-6,11-13H2,1-4H3,(H,25,29). The molecular weight excluding hydrogens is 392 g/mol. The van der Waals surface area contributed by atoms with Crippen molar-refractivity contribution in [2.24, 2.45) is 0 Å². The van der Waals surface area contributed by atoms with Crippen molar-refractivity contribution in [2.45, 2.75) is 27.2 Å². The van der Waals surface area contributed by atoms with Gasteiger partial charge in [-0.25, -0.2) is 4.98 Å². The molecule has 164 valence electrons. The highest BCUT2D eigenvalue weighted by molar-refractivity contribution is 5.94. The Labute approximate surface area is 182 Å². The maximum Gasteiger partial charge on any atom is 0.265 e.